The Balaban J connectivity index is 1.96. The SMILES string of the molecule is Cc1nc2c(C)cccn2c(=O)c1NC(=O)c1ccc(C(F)(F)F)cc1. The van der Waals surface area contributed by atoms with Crippen LogP contribution in [-0.2, 0) is 6.18 Å². The monoisotopic (exact) mass is 361 g/mol. The van der Waals surface area contributed by atoms with Crippen molar-refractivity contribution in [1.29, 1.82) is 0 Å². The number of nitrogens with one attached hydrogen (secondary N) is 1. The molecule has 1 aromatic carbocycles. The van der Waals surface area contributed by atoms with E-state index in [2.05, 4.69) is 10.3 Å². The van der Waals surface area contributed by atoms with Crippen molar-refractivity contribution >= 4 is 17.2 Å². The molecule has 3 rings (SSSR count). The summed E-state index contributed by atoms with van der Waals surface area (Å²) in [5.74, 6) is -0.687. The Kier molecular flexibility index (Phi) is 4.27. The molecule has 0 saturated heterocycles. The summed E-state index contributed by atoms with van der Waals surface area (Å²) in [6, 6.07) is 7.24. The normalized spacial score (nSPS) is 11.6. The van der Waals surface area contributed by atoms with Crippen molar-refractivity contribution in [3.05, 3.63) is 75.3 Å². The van der Waals surface area contributed by atoms with Crippen LogP contribution in [0.3, 0.4) is 0 Å². The van der Waals surface area contributed by atoms with Gasteiger partial charge in [-0.25, -0.2) is 4.98 Å². The average molecular weight is 361 g/mol. The fourth-order valence-corrected chi connectivity index (χ4v) is 2.54. The first-order valence-electron chi connectivity index (χ1n) is 7.65. The summed E-state index contributed by atoms with van der Waals surface area (Å²) < 4.78 is 39.1. The van der Waals surface area contributed by atoms with Gasteiger partial charge in [-0.15, -0.1) is 0 Å². The molecule has 0 unspecified atom stereocenters. The number of hydrogen-bond acceptors (Lipinski definition) is 3. The molecule has 2 heterocycles. The van der Waals surface area contributed by atoms with Crippen molar-refractivity contribution in [3.8, 4) is 0 Å². The van der Waals surface area contributed by atoms with Crippen LogP contribution in [0.2, 0.25) is 0 Å². The second kappa shape index (κ2) is 6.29. The first-order valence-corrected chi connectivity index (χ1v) is 7.65. The third-order valence-electron chi connectivity index (χ3n) is 3.94. The fraction of sp³-hybridized carbons (Fsp3) is 0.167. The number of alkyl halides is 3. The maximum atomic E-state index is 12.6. The van der Waals surface area contributed by atoms with Crippen molar-refractivity contribution in [3.63, 3.8) is 0 Å². The van der Waals surface area contributed by atoms with Gasteiger partial charge in [-0.3, -0.25) is 14.0 Å². The molecule has 1 N–H and O–H groups in total. The molecular weight excluding hydrogens is 347 g/mol. The van der Waals surface area contributed by atoms with E-state index in [-0.39, 0.29) is 11.3 Å². The third kappa shape index (κ3) is 3.17. The molecule has 134 valence electrons. The Hall–Kier alpha value is -3.16. The summed E-state index contributed by atoms with van der Waals surface area (Å²) >= 11 is 0. The Bertz CT molecular complexity index is 1050. The fourth-order valence-electron chi connectivity index (χ4n) is 2.54. The number of carbonyl (C=O) groups excluding carboxylic acids is 1. The Morgan fingerprint density at radius 1 is 1.12 bits per heavy atom. The van der Waals surface area contributed by atoms with E-state index in [9.17, 15) is 22.8 Å². The smallest absolute Gasteiger partial charge is 0.316 e. The number of amides is 1. The predicted molar refractivity (Wildman–Crippen MR) is 90.3 cm³/mol. The van der Waals surface area contributed by atoms with Crippen molar-refractivity contribution in [2.45, 2.75) is 20.0 Å². The molecule has 5 nitrogen and oxygen atoms in total. The highest BCUT2D eigenvalue weighted by Crippen LogP contribution is 2.29. The number of benzene rings is 1. The molecule has 0 aliphatic heterocycles. The Morgan fingerprint density at radius 3 is 2.38 bits per heavy atom. The minimum absolute atomic E-state index is 0.00568. The molecule has 0 aliphatic rings. The minimum atomic E-state index is -4.48. The van der Waals surface area contributed by atoms with Gasteiger partial charge < -0.3 is 5.32 Å². The van der Waals surface area contributed by atoms with Gasteiger partial charge in [0.1, 0.15) is 11.3 Å². The summed E-state index contributed by atoms with van der Waals surface area (Å²) in [7, 11) is 0. The second-order valence-electron chi connectivity index (χ2n) is 5.79. The number of aryl methyl sites for hydroxylation is 2. The zero-order chi connectivity index (χ0) is 19.1. The molecule has 0 atom stereocenters. The molecule has 0 bridgehead atoms. The van der Waals surface area contributed by atoms with Crippen LogP contribution in [0.5, 0.6) is 0 Å². The number of aromatic nitrogens is 2. The van der Waals surface area contributed by atoms with E-state index in [1.165, 1.54) is 10.6 Å². The van der Waals surface area contributed by atoms with Gasteiger partial charge in [-0.1, -0.05) is 6.07 Å². The molecule has 0 radical (unpaired) electrons. The number of carbonyl (C=O) groups is 1. The van der Waals surface area contributed by atoms with Gasteiger partial charge in [-0.05, 0) is 49.7 Å². The van der Waals surface area contributed by atoms with Gasteiger partial charge in [0, 0.05) is 11.8 Å². The molecule has 0 saturated carbocycles. The highest BCUT2D eigenvalue weighted by Gasteiger charge is 2.30. The number of rotatable bonds is 2. The predicted octanol–water partition coefficient (Wildman–Crippen LogP) is 3.58. The zero-order valence-corrected chi connectivity index (χ0v) is 13.9. The maximum absolute atomic E-state index is 12.6. The maximum Gasteiger partial charge on any atom is 0.416 e. The zero-order valence-electron chi connectivity index (χ0n) is 13.9. The lowest BCUT2D eigenvalue weighted by atomic mass is 10.1. The molecule has 0 aliphatic carbocycles. The summed E-state index contributed by atoms with van der Waals surface area (Å²) in [5.41, 5.74) is 0.272. The van der Waals surface area contributed by atoms with Crippen molar-refractivity contribution in [2.75, 3.05) is 5.32 Å². The van der Waals surface area contributed by atoms with Gasteiger partial charge >= 0.3 is 6.18 Å². The molecular formula is C18H14F3N3O2. The van der Waals surface area contributed by atoms with Crippen LogP contribution in [0, 0.1) is 13.8 Å². The van der Waals surface area contributed by atoms with Crippen molar-refractivity contribution in [2.24, 2.45) is 0 Å². The quantitative estimate of drug-likeness (QED) is 0.759. The Labute approximate surface area is 146 Å². The van der Waals surface area contributed by atoms with Gasteiger partial charge in [0.15, 0.2) is 0 Å². The van der Waals surface area contributed by atoms with E-state index in [1.54, 1.807) is 13.0 Å². The second-order valence-corrected chi connectivity index (χ2v) is 5.79. The molecule has 0 fully saturated rings. The van der Waals surface area contributed by atoms with Crippen LogP contribution in [0.25, 0.3) is 5.65 Å². The molecule has 2 aromatic heterocycles. The standard InChI is InChI=1S/C18H14F3N3O2/c1-10-4-3-9-24-15(10)22-11(2)14(17(24)26)23-16(25)12-5-7-13(8-6-12)18(19,20)21/h3-9H,1-2H3,(H,23,25). The number of fused-ring (bicyclic) bond motifs is 1. The lowest BCUT2D eigenvalue weighted by Crippen LogP contribution is -2.25. The average Bonchev–Trinajstić information content (AvgIpc) is 2.59. The Morgan fingerprint density at radius 2 is 1.77 bits per heavy atom. The van der Waals surface area contributed by atoms with E-state index in [1.807, 2.05) is 13.0 Å². The minimum Gasteiger partial charge on any atom is -0.316 e. The first-order chi connectivity index (χ1) is 12.2. The van der Waals surface area contributed by atoms with E-state index < -0.39 is 23.2 Å². The molecule has 8 heteroatoms. The number of hydrogen-bond donors (Lipinski definition) is 1. The first kappa shape index (κ1) is 17.7. The van der Waals surface area contributed by atoms with Gasteiger partial charge in [0.25, 0.3) is 11.5 Å². The van der Waals surface area contributed by atoms with Crippen LogP contribution < -0.4 is 10.9 Å². The lowest BCUT2D eigenvalue weighted by Gasteiger charge is -2.11. The van der Waals surface area contributed by atoms with Crippen molar-refractivity contribution < 1.29 is 18.0 Å². The van der Waals surface area contributed by atoms with Crippen LogP contribution in [0.15, 0.2) is 47.4 Å². The van der Waals surface area contributed by atoms with Crippen LogP contribution in [-0.4, -0.2) is 15.3 Å². The highest BCUT2D eigenvalue weighted by atomic mass is 19.4. The molecule has 0 spiro atoms. The number of pyridine rings is 1. The third-order valence-corrected chi connectivity index (χ3v) is 3.94. The number of halogens is 3. The largest absolute Gasteiger partial charge is 0.416 e. The van der Waals surface area contributed by atoms with Gasteiger partial charge in [0.05, 0.1) is 11.3 Å². The van der Waals surface area contributed by atoms with E-state index in [4.69, 9.17) is 0 Å². The summed E-state index contributed by atoms with van der Waals surface area (Å²) in [4.78, 5) is 29.3. The lowest BCUT2D eigenvalue weighted by molar-refractivity contribution is -0.137. The molecule has 26 heavy (non-hydrogen) atoms. The summed E-state index contributed by atoms with van der Waals surface area (Å²) in [5, 5.41) is 2.45. The molecule has 1 amide bonds. The van der Waals surface area contributed by atoms with E-state index >= 15 is 0 Å². The van der Waals surface area contributed by atoms with E-state index in [0.29, 0.717) is 11.3 Å². The summed E-state index contributed by atoms with van der Waals surface area (Å²) in [6.45, 7) is 3.39. The van der Waals surface area contributed by atoms with Crippen molar-refractivity contribution in [1.82, 2.24) is 9.38 Å². The van der Waals surface area contributed by atoms with Gasteiger partial charge in [-0.2, -0.15) is 13.2 Å². The molecule has 3 aromatic rings. The highest BCUT2D eigenvalue weighted by molar-refractivity contribution is 6.04. The number of anilines is 1. The summed E-state index contributed by atoms with van der Waals surface area (Å²) in [6.07, 6.45) is -2.95. The topological polar surface area (TPSA) is 63.5 Å². The van der Waals surface area contributed by atoms with Crippen LogP contribution in [0.4, 0.5) is 18.9 Å². The van der Waals surface area contributed by atoms with Crippen LogP contribution in [0.1, 0.15) is 27.2 Å². The van der Waals surface area contributed by atoms with Gasteiger partial charge in [0.2, 0.25) is 0 Å². The van der Waals surface area contributed by atoms with Crippen LogP contribution >= 0.6 is 0 Å². The number of nitrogens with zero attached hydrogens (tertiary/aromatic N) is 2. The van der Waals surface area contributed by atoms with E-state index in [0.717, 1.165) is 29.8 Å².